The van der Waals surface area contributed by atoms with Crippen molar-refractivity contribution in [3.63, 3.8) is 0 Å². The smallest absolute Gasteiger partial charge is 0.348 e. The molecule has 0 unspecified atom stereocenters. The van der Waals surface area contributed by atoms with Crippen LogP contribution in [-0.2, 0) is 23.9 Å². The van der Waals surface area contributed by atoms with E-state index < -0.39 is 42.0 Å². The monoisotopic (exact) mass is 354 g/mol. The molecular weight excluding hydrogens is 340 g/mol. The molecule has 0 saturated carbocycles. The van der Waals surface area contributed by atoms with Gasteiger partial charge in [-0.05, 0) is 23.8 Å². The highest BCUT2D eigenvalue weighted by atomic mass is 16.6. The fraction of sp³-hybridized carbons (Fsp3) is 0.200. The van der Waals surface area contributed by atoms with E-state index in [0.717, 1.165) is 6.08 Å². The Bertz CT molecular complexity index is 706. The van der Waals surface area contributed by atoms with Crippen LogP contribution in [0.25, 0.3) is 6.08 Å². The number of ether oxygens (including phenoxy) is 1. The molecule has 0 aliphatic rings. The Labute approximate surface area is 140 Å². The third-order valence-corrected chi connectivity index (χ3v) is 2.99. The zero-order valence-electron chi connectivity index (χ0n) is 12.5. The van der Waals surface area contributed by atoms with Crippen LogP contribution in [-0.4, -0.2) is 61.1 Å². The molecule has 0 amide bonds. The lowest BCUT2D eigenvalue weighted by Gasteiger charge is -2.27. The minimum atomic E-state index is -3.35. The van der Waals surface area contributed by atoms with Crippen LogP contribution in [0.1, 0.15) is 12.0 Å². The molecule has 5 N–H and O–H groups in total. The van der Waals surface area contributed by atoms with Crippen molar-refractivity contribution in [2.24, 2.45) is 0 Å². The van der Waals surface area contributed by atoms with Gasteiger partial charge in [-0.25, -0.2) is 14.4 Å². The van der Waals surface area contributed by atoms with Crippen molar-refractivity contribution in [2.45, 2.75) is 18.1 Å². The van der Waals surface area contributed by atoms with Crippen molar-refractivity contribution in [3.05, 3.63) is 35.9 Å². The summed E-state index contributed by atoms with van der Waals surface area (Å²) in [5.74, 6) is -7.33. The maximum atomic E-state index is 11.7. The largest absolute Gasteiger partial charge is 0.508 e. The van der Waals surface area contributed by atoms with Gasteiger partial charge in [-0.15, -0.1) is 0 Å². The lowest BCUT2D eigenvalue weighted by molar-refractivity contribution is -0.195. The quantitative estimate of drug-likeness (QED) is 0.307. The van der Waals surface area contributed by atoms with Crippen LogP contribution >= 0.6 is 0 Å². The van der Waals surface area contributed by atoms with Gasteiger partial charge in [0.1, 0.15) is 5.75 Å². The first-order valence-corrected chi connectivity index (χ1v) is 6.64. The number of aliphatic carboxylic acids is 3. The molecule has 2 atom stereocenters. The maximum absolute atomic E-state index is 11.7. The predicted octanol–water partition coefficient (Wildman–Crippen LogP) is -0.308. The molecule has 0 aliphatic heterocycles. The lowest BCUT2D eigenvalue weighted by Crippen LogP contribution is -2.56. The van der Waals surface area contributed by atoms with Gasteiger partial charge in [-0.1, -0.05) is 12.1 Å². The second kappa shape index (κ2) is 7.93. The Morgan fingerprint density at radius 2 is 1.64 bits per heavy atom. The number of phenolic OH excluding ortho intramolecular Hbond substituents is 1. The van der Waals surface area contributed by atoms with Crippen LogP contribution in [0.15, 0.2) is 30.3 Å². The van der Waals surface area contributed by atoms with E-state index in [-0.39, 0.29) is 5.75 Å². The number of hydrogen-bond acceptors (Lipinski definition) is 7. The second-order valence-electron chi connectivity index (χ2n) is 4.88. The van der Waals surface area contributed by atoms with Gasteiger partial charge in [-0.2, -0.15) is 0 Å². The van der Waals surface area contributed by atoms with Crippen molar-refractivity contribution < 1.29 is 49.4 Å². The van der Waals surface area contributed by atoms with E-state index >= 15 is 0 Å². The molecule has 0 radical (unpaired) electrons. The van der Waals surface area contributed by atoms with E-state index in [1.165, 1.54) is 30.3 Å². The summed E-state index contributed by atoms with van der Waals surface area (Å²) in [7, 11) is 0. The van der Waals surface area contributed by atoms with Gasteiger partial charge in [0.05, 0.1) is 6.42 Å². The van der Waals surface area contributed by atoms with Crippen LogP contribution in [0.2, 0.25) is 0 Å². The van der Waals surface area contributed by atoms with Crippen molar-refractivity contribution in [1.82, 2.24) is 0 Å². The number of esters is 1. The van der Waals surface area contributed by atoms with E-state index in [9.17, 15) is 24.3 Å². The molecule has 0 fully saturated rings. The number of aliphatic hydroxyl groups is 1. The summed E-state index contributed by atoms with van der Waals surface area (Å²) >= 11 is 0. The molecule has 25 heavy (non-hydrogen) atoms. The summed E-state index contributed by atoms with van der Waals surface area (Å²) in [6, 6.07) is 5.49. The SMILES string of the molecule is O=C(O)C[C@@](O)(C(=O)O)[C@H](OC(=O)C=Cc1ccc(O)cc1)C(=O)O. The van der Waals surface area contributed by atoms with Crippen LogP contribution < -0.4 is 0 Å². The highest BCUT2D eigenvalue weighted by Gasteiger charge is 2.52. The summed E-state index contributed by atoms with van der Waals surface area (Å²) < 4.78 is 4.42. The first-order chi connectivity index (χ1) is 11.6. The zero-order valence-corrected chi connectivity index (χ0v) is 12.5. The van der Waals surface area contributed by atoms with Gasteiger partial charge in [-0.3, -0.25) is 4.79 Å². The highest BCUT2D eigenvalue weighted by Crippen LogP contribution is 2.21. The molecule has 1 rings (SSSR count). The van der Waals surface area contributed by atoms with Gasteiger partial charge in [0, 0.05) is 6.08 Å². The molecule has 134 valence electrons. The van der Waals surface area contributed by atoms with Gasteiger partial charge in [0.25, 0.3) is 0 Å². The Morgan fingerprint density at radius 1 is 1.08 bits per heavy atom. The van der Waals surface area contributed by atoms with Crippen LogP contribution in [0.3, 0.4) is 0 Å². The molecule has 10 nitrogen and oxygen atoms in total. The third-order valence-electron chi connectivity index (χ3n) is 2.99. The zero-order chi connectivity index (χ0) is 19.2. The molecular formula is C15H14O10. The van der Waals surface area contributed by atoms with Crippen molar-refractivity contribution in [1.29, 1.82) is 0 Å². The van der Waals surface area contributed by atoms with Crippen molar-refractivity contribution in [2.75, 3.05) is 0 Å². The number of carboxylic acid groups (broad SMARTS) is 3. The second-order valence-corrected chi connectivity index (χ2v) is 4.88. The Balaban J connectivity index is 2.97. The number of rotatable bonds is 8. The van der Waals surface area contributed by atoms with E-state index in [4.69, 9.17) is 20.4 Å². The molecule has 10 heteroatoms. The summed E-state index contributed by atoms with van der Waals surface area (Å²) in [5, 5.41) is 45.6. The van der Waals surface area contributed by atoms with Gasteiger partial charge in [0.15, 0.2) is 0 Å². The van der Waals surface area contributed by atoms with Crippen LogP contribution in [0, 0.1) is 0 Å². The fourth-order valence-electron chi connectivity index (χ4n) is 1.77. The molecule has 1 aromatic carbocycles. The van der Waals surface area contributed by atoms with Gasteiger partial charge < -0.3 is 30.3 Å². The molecule has 0 heterocycles. The predicted molar refractivity (Wildman–Crippen MR) is 79.5 cm³/mol. The Morgan fingerprint density at radius 3 is 2.08 bits per heavy atom. The van der Waals surface area contributed by atoms with Gasteiger partial charge in [0.2, 0.25) is 11.7 Å². The van der Waals surface area contributed by atoms with Crippen molar-refractivity contribution in [3.8, 4) is 5.75 Å². The number of carboxylic acids is 3. The number of benzene rings is 1. The van der Waals surface area contributed by atoms with E-state index in [1.807, 2.05) is 0 Å². The summed E-state index contributed by atoms with van der Waals surface area (Å²) in [5.41, 5.74) is -2.92. The molecule has 0 spiro atoms. The highest BCUT2D eigenvalue weighted by molar-refractivity contribution is 5.94. The Kier molecular flexibility index (Phi) is 6.23. The standard InChI is InChI=1S/C15H14O10/c16-9-4-1-8(2-5-9)3-6-11(19)25-12(13(20)21)15(24,14(22)23)7-10(17)18/h1-6,12,16,24H,7H2,(H,17,18)(H,20,21)(H,22,23)/t12-,15+/m1/s1. The Hall–Kier alpha value is -3.40. The minimum absolute atomic E-state index is 0.0224. The number of carbonyl (C=O) groups is 4. The summed E-state index contributed by atoms with van der Waals surface area (Å²) in [6.45, 7) is 0. The summed E-state index contributed by atoms with van der Waals surface area (Å²) in [6.07, 6.45) is -2.20. The number of aromatic hydroxyl groups is 1. The maximum Gasteiger partial charge on any atom is 0.348 e. The molecule has 0 aromatic heterocycles. The fourth-order valence-corrected chi connectivity index (χ4v) is 1.77. The third kappa shape index (κ3) is 5.32. The first kappa shape index (κ1) is 19.6. The van der Waals surface area contributed by atoms with Crippen LogP contribution in [0.4, 0.5) is 0 Å². The van der Waals surface area contributed by atoms with Crippen LogP contribution in [0.5, 0.6) is 5.75 Å². The number of carbonyl (C=O) groups excluding carboxylic acids is 1. The number of phenols is 1. The van der Waals surface area contributed by atoms with E-state index in [2.05, 4.69) is 4.74 Å². The van der Waals surface area contributed by atoms with E-state index in [0.29, 0.717) is 5.56 Å². The number of hydrogen-bond donors (Lipinski definition) is 5. The molecule has 0 bridgehead atoms. The lowest BCUT2D eigenvalue weighted by atomic mass is 9.92. The molecule has 1 aromatic rings. The average Bonchev–Trinajstić information content (AvgIpc) is 2.50. The molecule has 0 aliphatic carbocycles. The molecule has 0 saturated heterocycles. The topological polar surface area (TPSA) is 179 Å². The summed E-state index contributed by atoms with van der Waals surface area (Å²) in [4.78, 5) is 44.6. The minimum Gasteiger partial charge on any atom is -0.508 e. The normalized spacial score (nSPS) is 14.4. The van der Waals surface area contributed by atoms with Crippen molar-refractivity contribution >= 4 is 30.0 Å². The first-order valence-electron chi connectivity index (χ1n) is 6.64. The average molecular weight is 354 g/mol. The van der Waals surface area contributed by atoms with E-state index in [1.54, 1.807) is 0 Å². The van der Waals surface area contributed by atoms with Gasteiger partial charge >= 0.3 is 23.9 Å².